The zero-order valence-electron chi connectivity index (χ0n) is 7.51. The Morgan fingerprint density at radius 1 is 1.50 bits per heavy atom. The fourth-order valence-electron chi connectivity index (χ4n) is 1.000. The van der Waals surface area contributed by atoms with Gasteiger partial charge in [0.2, 0.25) is 5.82 Å². The van der Waals surface area contributed by atoms with Gasteiger partial charge in [-0.2, -0.15) is 0 Å². The van der Waals surface area contributed by atoms with E-state index in [-0.39, 0.29) is 5.82 Å². The van der Waals surface area contributed by atoms with Crippen LogP contribution >= 0.6 is 0 Å². The first-order chi connectivity index (χ1) is 6.75. The van der Waals surface area contributed by atoms with Gasteiger partial charge in [0.05, 0.1) is 19.0 Å². The summed E-state index contributed by atoms with van der Waals surface area (Å²) >= 11 is 0. The zero-order valence-corrected chi connectivity index (χ0v) is 7.51. The van der Waals surface area contributed by atoms with E-state index in [0.717, 1.165) is 0 Å². The molecule has 0 unspecified atom stereocenters. The lowest BCUT2D eigenvalue weighted by atomic mass is 10.4. The van der Waals surface area contributed by atoms with Crippen molar-refractivity contribution in [3.05, 3.63) is 18.2 Å². The van der Waals surface area contributed by atoms with Crippen LogP contribution in [0, 0.1) is 5.92 Å². The van der Waals surface area contributed by atoms with Crippen molar-refractivity contribution in [3.63, 3.8) is 0 Å². The first kappa shape index (κ1) is 8.93. The molecular weight excluding hydrogens is 184 g/mol. The van der Waals surface area contributed by atoms with Crippen molar-refractivity contribution >= 4 is 5.97 Å². The van der Waals surface area contributed by atoms with Crippen LogP contribution in [0.15, 0.2) is 12.4 Å². The summed E-state index contributed by atoms with van der Waals surface area (Å²) < 4.78 is 5.35. The van der Waals surface area contributed by atoms with Crippen molar-refractivity contribution in [2.75, 3.05) is 6.61 Å². The van der Waals surface area contributed by atoms with Gasteiger partial charge in [-0.15, -0.1) is 0 Å². The van der Waals surface area contributed by atoms with Crippen molar-refractivity contribution in [1.29, 1.82) is 0 Å². The Morgan fingerprint density at radius 2 is 2.14 bits per heavy atom. The van der Waals surface area contributed by atoms with E-state index in [0.29, 0.717) is 18.3 Å². The molecule has 1 aromatic heterocycles. The highest BCUT2D eigenvalue weighted by atomic mass is 16.5. The Bertz CT molecular complexity index is 332. The lowest BCUT2D eigenvalue weighted by molar-refractivity contribution is 0.0683. The van der Waals surface area contributed by atoms with Crippen LogP contribution in [-0.2, 0) is 0 Å². The predicted octanol–water partition coefficient (Wildman–Crippen LogP) is 0.964. The summed E-state index contributed by atoms with van der Waals surface area (Å²) in [6, 6.07) is 0. The van der Waals surface area contributed by atoms with E-state index in [4.69, 9.17) is 9.84 Å². The average Bonchev–Trinajstić information content (AvgIpc) is 2.99. The van der Waals surface area contributed by atoms with E-state index >= 15 is 0 Å². The van der Waals surface area contributed by atoms with E-state index in [1.54, 1.807) is 0 Å². The number of rotatable bonds is 4. The van der Waals surface area contributed by atoms with Gasteiger partial charge >= 0.3 is 5.97 Å². The maximum absolute atomic E-state index is 10.4. The molecule has 0 aromatic carbocycles. The van der Waals surface area contributed by atoms with Crippen molar-refractivity contribution in [3.8, 4) is 5.75 Å². The molecule has 0 radical (unpaired) electrons. The average molecular weight is 194 g/mol. The van der Waals surface area contributed by atoms with Crippen molar-refractivity contribution in [2.45, 2.75) is 12.8 Å². The van der Waals surface area contributed by atoms with Crippen LogP contribution in [0.5, 0.6) is 5.75 Å². The lowest BCUT2D eigenvalue weighted by Gasteiger charge is -2.03. The highest BCUT2D eigenvalue weighted by Crippen LogP contribution is 2.29. The van der Waals surface area contributed by atoms with Gasteiger partial charge in [0.1, 0.15) is 0 Å². The second-order valence-electron chi connectivity index (χ2n) is 3.30. The monoisotopic (exact) mass is 194 g/mol. The number of aromatic carboxylic acids is 1. The summed E-state index contributed by atoms with van der Waals surface area (Å²) in [4.78, 5) is 17.7. The topological polar surface area (TPSA) is 72.3 Å². The standard InChI is InChI=1S/C9H10N2O3/c12-9(13)8-10-3-7(4-11-8)14-5-6-1-2-6/h3-4,6H,1-2,5H2,(H,12,13). The van der Waals surface area contributed by atoms with Crippen molar-refractivity contribution in [1.82, 2.24) is 9.97 Å². The number of carbonyl (C=O) groups is 1. The van der Waals surface area contributed by atoms with E-state index in [1.807, 2.05) is 0 Å². The molecule has 1 aliphatic carbocycles. The molecule has 1 heterocycles. The molecule has 2 rings (SSSR count). The van der Waals surface area contributed by atoms with Gasteiger partial charge in [-0.25, -0.2) is 14.8 Å². The Hall–Kier alpha value is -1.65. The Balaban J connectivity index is 1.94. The molecule has 0 atom stereocenters. The van der Waals surface area contributed by atoms with Gasteiger partial charge in [0, 0.05) is 0 Å². The molecule has 0 bridgehead atoms. The van der Waals surface area contributed by atoms with E-state index in [9.17, 15) is 4.79 Å². The van der Waals surface area contributed by atoms with Crippen LogP contribution in [0.3, 0.4) is 0 Å². The van der Waals surface area contributed by atoms with Crippen LogP contribution in [-0.4, -0.2) is 27.7 Å². The first-order valence-corrected chi connectivity index (χ1v) is 4.44. The molecule has 1 aliphatic rings. The molecule has 1 saturated carbocycles. The number of ether oxygens (including phenoxy) is 1. The fraction of sp³-hybridized carbons (Fsp3) is 0.444. The third-order valence-corrected chi connectivity index (χ3v) is 2.00. The molecule has 5 nitrogen and oxygen atoms in total. The molecule has 0 spiro atoms. The minimum Gasteiger partial charge on any atom is -0.490 e. The van der Waals surface area contributed by atoms with Crippen molar-refractivity contribution in [2.24, 2.45) is 5.92 Å². The largest absolute Gasteiger partial charge is 0.490 e. The second kappa shape index (κ2) is 3.61. The third-order valence-electron chi connectivity index (χ3n) is 2.00. The Labute approximate surface area is 80.8 Å². The molecule has 1 aromatic rings. The Kier molecular flexibility index (Phi) is 2.30. The molecule has 0 saturated heterocycles. The number of aromatic nitrogens is 2. The summed E-state index contributed by atoms with van der Waals surface area (Å²) in [6.07, 6.45) is 5.21. The van der Waals surface area contributed by atoms with Gasteiger partial charge in [-0.05, 0) is 18.8 Å². The predicted molar refractivity (Wildman–Crippen MR) is 47.2 cm³/mol. The maximum Gasteiger partial charge on any atom is 0.373 e. The molecule has 74 valence electrons. The van der Waals surface area contributed by atoms with E-state index < -0.39 is 5.97 Å². The van der Waals surface area contributed by atoms with E-state index in [2.05, 4.69) is 9.97 Å². The highest BCUT2D eigenvalue weighted by Gasteiger charge is 2.22. The third kappa shape index (κ3) is 2.18. The van der Waals surface area contributed by atoms with Crippen LogP contribution < -0.4 is 4.74 Å². The summed E-state index contributed by atoms with van der Waals surface area (Å²) in [5, 5.41) is 8.54. The zero-order chi connectivity index (χ0) is 9.97. The van der Waals surface area contributed by atoms with Gasteiger partial charge in [0.25, 0.3) is 0 Å². The normalized spacial score (nSPS) is 15.1. The lowest BCUT2D eigenvalue weighted by Crippen LogP contribution is -2.05. The maximum atomic E-state index is 10.4. The molecule has 0 amide bonds. The Morgan fingerprint density at radius 3 is 2.64 bits per heavy atom. The number of carboxylic acids is 1. The van der Waals surface area contributed by atoms with Gasteiger partial charge < -0.3 is 9.84 Å². The molecule has 5 heteroatoms. The second-order valence-corrected chi connectivity index (χ2v) is 3.30. The molecular formula is C9H10N2O3. The van der Waals surface area contributed by atoms with Crippen LogP contribution in [0.2, 0.25) is 0 Å². The van der Waals surface area contributed by atoms with Gasteiger partial charge in [0.15, 0.2) is 5.75 Å². The summed E-state index contributed by atoms with van der Waals surface area (Å²) in [6.45, 7) is 0.676. The minimum atomic E-state index is -1.13. The summed E-state index contributed by atoms with van der Waals surface area (Å²) in [5.74, 6) is -0.140. The van der Waals surface area contributed by atoms with Crippen LogP contribution in [0.25, 0.3) is 0 Å². The van der Waals surface area contributed by atoms with Crippen LogP contribution in [0.4, 0.5) is 0 Å². The number of hydrogen-bond acceptors (Lipinski definition) is 4. The summed E-state index contributed by atoms with van der Waals surface area (Å²) in [7, 11) is 0. The van der Waals surface area contributed by atoms with Gasteiger partial charge in [-0.3, -0.25) is 0 Å². The number of nitrogens with zero attached hydrogens (tertiary/aromatic N) is 2. The minimum absolute atomic E-state index is 0.205. The smallest absolute Gasteiger partial charge is 0.373 e. The molecule has 1 N–H and O–H groups in total. The SMILES string of the molecule is O=C(O)c1ncc(OCC2CC2)cn1. The number of carboxylic acid groups (broad SMARTS) is 1. The molecule has 14 heavy (non-hydrogen) atoms. The highest BCUT2D eigenvalue weighted by molar-refractivity contribution is 5.82. The quantitative estimate of drug-likeness (QED) is 0.772. The molecule has 0 aliphatic heterocycles. The van der Waals surface area contributed by atoms with E-state index in [1.165, 1.54) is 25.2 Å². The van der Waals surface area contributed by atoms with Gasteiger partial charge in [-0.1, -0.05) is 0 Å². The first-order valence-electron chi connectivity index (χ1n) is 4.44. The van der Waals surface area contributed by atoms with Crippen LogP contribution in [0.1, 0.15) is 23.5 Å². The molecule has 1 fully saturated rings. The number of hydrogen-bond donors (Lipinski definition) is 1. The summed E-state index contributed by atoms with van der Waals surface area (Å²) in [5.41, 5.74) is 0. The fourth-order valence-corrected chi connectivity index (χ4v) is 1.000. The van der Waals surface area contributed by atoms with Crippen molar-refractivity contribution < 1.29 is 14.6 Å².